The Morgan fingerprint density at radius 2 is 2.13 bits per heavy atom. The smallest absolute Gasteiger partial charge is 0.162 e. The van der Waals surface area contributed by atoms with Crippen molar-refractivity contribution in [3.8, 4) is 11.5 Å². The third-order valence-electron chi connectivity index (χ3n) is 1.89. The summed E-state index contributed by atoms with van der Waals surface area (Å²) in [6, 6.07) is 2.67. The van der Waals surface area contributed by atoms with Crippen molar-refractivity contribution in [2.24, 2.45) is 5.73 Å². The second-order valence-electron chi connectivity index (χ2n) is 2.83. The Bertz CT molecular complexity index is 335. The molecular formula is C9H13BrClNO3. The first-order valence-electron chi connectivity index (χ1n) is 4.03. The van der Waals surface area contributed by atoms with Gasteiger partial charge in [0.2, 0.25) is 0 Å². The van der Waals surface area contributed by atoms with Crippen LogP contribution in [0.1, 0.15) is 11.6 Å². The van der Waals surface area contributed by atoms with E-state index >= 15 is 0 Å². The summed E-state index contributed by atoms with van der Waals surface area (Å²) in [4.78, 5) is 0. The van der Waals surface area contributed by atoms with Gasteiger partial charge in [0.25, 0.3) is 0 Å². The number of hydrogen-bond donors (Lipinski definition) is 3. The van der Waals surface area contributed by atoms with Crippen molar-refractivity contribution in [2.45, 2.75) is 6.04 Å². The molecule has 86 valence electrons. The van der Waals surface area contributed by atoms with Gasteiger partial charge in [-0.25, -0.2) is 0 Å². The number of methoxy groups -OCH3 is 1. The molecule has 0 saturated heterocycles. The first kappa shape index (κ1) is 14.5. The number of nitrogens with two attached hydrogens (primary N) is 1. The summed E-state index contributed by atoms with van der Waals surface area (Å²) in [6.07, 6.45) is 0. The number of aromatic hydroxyl groups is 1. The maximum Gasteiger partial charge on any atom is 0.162 e. The number of rotatable bonds is 3. The van der Waals surface area contributed by atoms with E-state index in [1.165, 1.54) is 7.11 Å². The number of aliphatic hydroxyl groups is 1. The van der Waals surface area contributed by atoms with Crippen molar-refractivity contribution in [1.82, 2.24) is 0 Å². The van der Waals surface area contributed by atoms with Gasteiger partial charge < -0.3 is 20.7 Å². The highest BCUT2D eigenvalue weighted by Crippen LogP contribution is 2.35. The molecule has 0 aliphatic heterocycles. The lowest BCUT2D eigenvalue weighted by Crippen LogP contribution is -2.14. The molecule has 1 aromatic carbocycles. The molecular weight excluding hydrogens is 285 g/mol. The summed E-state index contributed by atoms with van der Waals surface area (Å²) < 4.78 is 5.69. The van der Waals surface area contributed by atoms with Gasteiger partial charge in [0.05, 0.1) is 19.8 Å². The largest absolute Gasteiger partial charge is 0.504 e. The molecule has 6 heteroatoms. The molecule has 4 nitrogen and oxygen atoms in total. The molecule has 0 bridgehead atoms. The van der Waals surface area contributed by atoms with E-state index in [9.17, 15) is 5.11 Å². The quantitative estimate of drug-likeness (QED) is 0.792. The lowest BCUT2D eigenvalue weighted by atomic mass is 10.1. The highest BCUT2D eigenvalue weighted by molar-refractivity contribution is 9.10. The van der Waals surface area contributed by atoms with Gasteiger partial charge in [-0.2, -0.15) is 0 Å². The zero-order valence-electron chi connectivity index (χ0n) is 8.11. The fourth-order valence-corrected chi connectivity index (χ4v) is 1.59. The van der Waals surface area contributed by atoms with Crippen LogP contribution in [-0.4, -0.2) is 23.9 Å². The molecule has 1 rings (SSSR count). The number of ether oxygens (including phenoxy) is 1. The van der Waals surface area contributed by atoms with Gasteiger partial charge in [0.1, 0.15) is 0 Å². The van der Waals surface area contributed by atoms with Crippen LogP contribution in [0.4, 0.5) is 0 Å². The zero-order valence-corrected chi connectivity index (χ0v) is 10.5. The van der Waals surface area contributed by atoms with E-state index in [0.29, 0.717) is 11.3 Å². The Labute approximate surface area is 103 Å². The monoisotopic (exact) mass is 297 g/mol. The number of hydrogen-bond acceptors (Lipinski definition) is 4. The van der Waals surface area contributed by atoms with Crippen LogP contribution in [0.2, 0.25) is 0 Å². The maximum absolute atomic E-state index is 9.68. The van der Waals surface area contributed by atoms with Crippen molar-refractivity contribution in [3.05, 3.63) is 22.2 Å². The molecule has 0 unspecified atom stereocenters. The molecule has 0 aliphatic rings. The number of phenols is 1. The minimum absolute atomic E-state index is 0. The van der Waals surface area contributed by atoms with Gasteiger partial charge in [0, 0.05) is 10.0 Å². The average Bonchev–Trinajstić information content (AvgIpc) is 2.19. The topological polar surface area (TPSA) is 75.7 Å². The number of aliphatic hydroxyl groups excluding tert-OH is 1. The van der Waals surface area contributed by atoms with Crippen LogP contribution < -0.4 is 10.5 Å². The van der Waals surface area contributed by atoms with Crippen molar-refractivity contribution < 1.29 is 14.9 Å². The summed E-state index contributed by atoms with van der Waals surface area (Å²) in [5, 5.41) is 18.6. The van der Waals surface area contributed by atoms with E-state index in [1.54, 1.807) is 12.1 Å². The van der Waals surface area contributed by atoms with Crippen LogP contribution in [0.5, 0.6) is 11.5 Å². The molecule has 1 atom stereocenters. The summed E-state index contributed by atoms with van der Waals surface area (Å²) in [6.45, 7) is -0.229. The molecule has 0 saturated carbocycles. The molecule has 0 heterocycles. The normalized spacial score (nSPS) is 11.7. The summed E-state index contributed by atoms with van der Waals surface area (Å²) >= 11 is 3.26. The molecule has 15 heavy (non-hydrogen) atoms. The molecule has 0 spiro atoms. The molecule has 1 aromatic rings. The molecule has 0 amide bonds. The van der Waals surface area contributed by atoms with Crippen molar-refractivity contribution >= 4 is 28.3 Å². The van der Waals surface area contributed by atoms with Crippen molar-refractivity contribution in [2.75, 3.05) is 13.7 Å². The number of benzene rings is 1. The Kier molecular flexibility index (Phi) is 5.97. The molecule has 4 N–H and O–H groups in total. The fourth-order valence-electron chi connectivity index (χ4n) is 1.13. The van der Waals surface area contributed by atoms with Crippen LogP contribution in [0.15, 0.2) is 16.6 Å². The molecule has 0 aliphatic carbocycles. The fraction of sp³-hybridized carbons (Fsp3) is 0.333. The Hall–Kier alpha value is -0.490. The SMILES string of the molecule is COc1cc(Br)cc([C@@H](N)CO)c1O.Cl. The standard InChI is InChI=1S/C9H12BrNO3.ClH/c1-14-8-3-5(10)2-6(9(8)13)7(11)4-12;/h2-3,7,12-13H,4,11H2,1H3;1H/t7-;/m0./s1. The van der Waals surface area contributed by atoms with E-state index < -0.39 is 6.04 Å². The minimum atomic E-state index is -0.610. The van der Waals surface area contributed by atoms with E-state index in [4.69, 9.17) is 15.6 Å². The minimum Gasteiger partial charge on any atom is -0.504 e. The lowest BCUT2D eigenvalue weighted by Gasteiger charge is -2.13. The number of phenolic OH excluding ortho intramolecular Hbond substituents is 1. The van der Waals surface area contributed by atoms with Crippen LogP contribution >= 0.6 is 28.3 Å². The predicted molar refractivity (Wildman–Crippen MR) is 63.6 cm³/mol. The van der Waals surface area contributed by atoms with Crippen molar-refractivity contribution in [3.63, 3.8) is 0 Å². The van der Waals surface area contributed by atoms with E-state index in [1.807, 2.05) is 0 Å². The zero-order chi connectivity index (χ0) is 10.7. The van der Waals surface area contributed by atoms with Gasteiger partial charge in [-0.1, -0.05) is 15.9 Å². The Morgan fingerprint density at radius 1 is 1.53 bits per heavy atom. The summed E-state index contributed by atoms with van der Waals surface area (Å²) in [7, 11) is 1.45. The number of halogens is 2. The van der Waals surface area contributed by atoms with Gasteiger partial charge in [-0.3, -0.25) is 0 Å². The van der Waals surface area contributed by atoms with E-state index in [0.717, 1.165) is 4.47 Å². The van der Waals surface area contributed by atoms with Crippen LogP contribution in [0, 0.1) is 0 Å². The summed E-state index contributed by atoms with van der Waals surface area (Å²) in [5.41, 5.74) is 6.06. The molecule has 0 fully saturated rings. The van der Waals surface area contributed by atoms with Gasteiger partial charge in [-0.15, -0.1) is 12.4 Å². The third kappa shape index (κ3) is 3.24. The third-order valence-corrected chi connectivity index (χ3v) is 2.34. The van der Waals surface area contributed by atoms with Crippen molar-refractivity contribution in [1.29, 1.82) is 0 Å². The first-order chi connectivity index (χ1) is 6.60. The highest BCUT2D eigenvalue weighted by Gasteiger charge is 2.15. The van der Waals surface area contributed by atoms with Crippen LogP contribution in [0.25, 0.3) is 0 Å². The van der Waals surface area contributed by atoms with Crippen LogP contribution in [-0.2, 0) is 0 Å². The predicted octanol–water partition coefficient (Wildman–Crippen LogP) is 1.58. The van der Waals surface area contributed by atoms with Gasteiger partial charge >= 0.3 is 0 Å². The Balaban J connectivity index is 0.00000196. The highest BCUT2D eigenvalue weighted by atomic mass is 79.9. The van der Waals surface area contributed by atoms with E-state index in [-0.39, 0.29) is 24.8 Å². The van der Waals surface area contributed by atoms with Gasteiger partial charge in [-0.05, 0) is 12.1 Å². The summed E-state index contributed by atoms with van der Waals surface area (Å²) in [5.74, 6) is 0.301. The average molecular weight is 299 g/mol. The van der Waals surface area contributed by atoms with Crippen LogP contribution in [0.3, 0.4) is 0 Å². The first-order valence-corrected chi connectivity index (χ1v) is 4.82. The second-order valence-corrected chi connectivity index (χ2v) is 3.75. The Morgan fingerprint density at radius 3 is 2.60 bits per heavy atom. The molecule has 0 aromatic heterocycles. The lowest BCUT2D eigenvalue weighted by molar-refractivity contribution is 0.264. The van der Waals surface area contributed by atoms with E-state index in [2.05, 4.69) is 15.9 Å². The maximum atomic E-state index is 9.68. The molecule has 0 radical (unpaired) electrons. The second kappa shape index (κ2) is 6.17. The van der Waals surface area contributed by atoms with Gasteiger partial charge in [0.15, 0.2) is 11.5 Å².